The van der Waals surface area contributed by atoms with Crippen molar-refractivity contribution in [3.63, 3.8) is 0 Å². The van der Waals surface area contributed by atoms with Gasteiger partial charge in [0.05, 0.1) is 0 Å². The number of hydrogen-bond acceptors (Lipinski definition) is 8. The van der Waals surface area contributed by atoms with Crippen LogP contribution in [-0.4, -0.2) is 35.4 Å². The summed E-state index contributed by atoms with van der Waals surface area (Å²) in [4.78, 5) is 8.36. The minimum absolute atomic E-state index is 1.50. The summed E-state index contributed by atoms with van der Waals surface area (Å²) in [7, 11) is 0. The summed E-state index contributed by atoms with van der Waals surface area (Å²) in [6.45, 7) is 0. The van der Waals surface area contributed by atoms with E-state index in [1.807, 2.05) is 0 Å². The zero-order chi connectivity index (χ0) is 9.99. The SMILES string of the molecule is O=[N+]([O-])O.[OH][Cu]([OH])([OH])([OH])([OH])[OH]. The Morgan fingerprint density at radius 2 is 1.00 bits per heavy atom. The average Bonchev–Trinajstić information content (AvgIpc) is 1.11. The molecule has 11 heteroatoms. The van der Waals surface area contributed by atoms with Crippen molar-refractivity contribution in [2.75, 3.05) is 0 Å². The van der Waals surface area contributed by atoms with E-state index in [0.717, 1.165) is 0 Å². The van der Waals surface area contributed by atoms with Crippen molar-refractivity contribution in [3.8, 4) is 0 Å². The Balaban J connectivity index is 0. The fourth-order valence-corrected chi connectivity index (χ4v) is 0. The first-order chi connectivity index (χ1) is 4.18. The van der Waals surface area contributed by atoms with Gasteiger partial charge in [0.1, 0.15) is 0 Å². The molecule has 0 aliphatic rings. The Morgan fingerprint density at radius 1 is 1.00 bits per heavy atom. The minimum atomic E-state index is -7.44. The molecule has 0 aromatic carbocycles. The van der Waals surface area contributed by atoms with E-state index in [1.165, 1.54) is 0 Å². The van der Waals surface area contributed by atoms with Crippen LogP contribution in [0.5, 0.6) is 0 Å². The number of rotatable bonds is 0. The van der Waals surface area contributed by atoms with Crippen molar-refractivity contribution in [1.82, 2.24) is 0 Å². The molecular formula is H7CuNO9. The zero-order valence-corrected chi connectivity index (χ0v) is 5.64. The second-order valence-electron chi connectivity index (χ2n) is 1.14. The summed E-state index contributed by atoms with van der Waals surface area (Å²) in [5, 5.41) is 13.6. The second-order valence-corrected chi connectivity index (χ2v) is 3.97. The summed E-state index contributed by atoms with van der Waals surface area (Å²) < 4.78 is 44.1. The second kappa shape index (κ2) is 2.23. The summed E-state index contributed by atoms with van der Waals surface area (Å²) in [6.07, 6.45) is 0. The van der Waals surface area contributed by atoms with Crippen molar-refractivity contribution in [3.05, 3.63) is 10.1 Å². The van der Waals surface area contributed by atoms with E-state index in [1.54, 1.807) is 0 Å². The average molecular weight is 229 g/mol. The monoisotopic (exact) mass is 228 g/mol. The van der Waals surface area contributed by atoms with Gasteiger partial charge in [-0.25, -0.2) is 0 Å². The molecule has 0 bridgehead atoms. The van der Waals surface area contributed by atoms with Crippen LogP contribution in [0, 0.1) is 10.1 Å². The normalized spacial score (nSPS) is 16.9. The molecule has 0 aromatic heterocycles. The number of hydrogen-bond donors (Lipinski definition) is 7. The van der Waals surface area contributed by atoms with Gasteiger partial charge in [-0.1, -0.05) is 0 Å². The summed E-state index contributed by atoms with van der Waals surface area (Å²) in [5.74, 6) is 0. The third-order valence-electron chi connectivity index (χ3n) is 0. The molecule has 0 saturated heterocycles. The molecule has 0 aliphatic heterocycles. The van der Waals surface area contributed by atoms with Crippen LogP contribution in [0.15, 0.2) is 0 Å². The first-order valence-corrected chi connectivity index (χ1v) is 3.90. The molecule has 10 nitrogen and oxygen atoms in total. The first-order valence-electron chi connectivity index (χ1n) is 1.37. The van der Waals surface area contributed by atoms with Crippen LogP contribution in [0.3, 0.4) is 0 Å². The molecule has 0 spiro atoms. The maximum atomic E-state index is 8.36. The fraction of sp³-hybridized carbons (Fsp3) is 0. The Bertz CT molecular complexity index is 127. The quantitative estimate of drug-likeness (QED) is 0.124. The van der Waals surface area contributed by atoms with Gasteiger partial charge in [-0.2, -0.15) is 0 Å². The van der Waals surface area contributed by atoms with Gasteiger partial charge in [-0.05, 0) is 0 Å². The first kappa shape index (κ1) is 13.1. The van der Waals surface area contributed by atoms with Crippen molar-refractivity contribution < 1.29 is 48.1 Å². The van der Waals surface area contributed by atoms with Gasteiger partial charge in [0, 0.05) is 0 Å². The summed E-state index contributed by atoms with van der Waals surface area (Å²) in [5.41, 5.74) is 0. The van der Waals surface area contributed by atoms with Crippen LogP contribution in [0.2, 0.25) is 0 Å². The molecule has 0 aromatic rings. The predicted octanol–water partition coefficient (Wildman–Crippen LogP) is -3.69. The Hall–Kier alpha value is -0.521. The molecule has 0 amide bonds. The van der Waals surface area contributed by atoms with Gasteiger partial charge in [-0.15, -0.1) is 10.1 Å². The Labute approximate surface area is 59.2 Å². The number of nitrogens with zero attached hydrogens (tertiary/aromatic N) is 1. The molecule has 0 heterocycles. The Morgan fingerprint density at radius 3 is 1.00 bits per heavy atom. The molecule has 0 unspecified atom stereocenters. The van der Waals surface area contributed by atoms with Crippen LogP contribution in [-0.2, 0) is 12.7 Å². The third kappa shape index (κ3) is 1960. The molecule has 7 N–H and O–H groups in total. The van der Waals surface area contributed by atoms with E-state index in [0.29, 0.717) is 0 Å². The van der Waals surface area contributed by atoms with Gasteiger partial charge in [0.2, 0.25) is 0 Å². The molecule has 0 radical (unpaired) electrons. The van der Waals surface area contributed by atoms with Crippen molar-refractivity contribution >= 4 is 0 Å². The van der Waals surface area contributed by atoms with Gasteiger partial charge < -0.3 is 5.21 Å². The maximum absolute atomic E-state index is 8.36. The fourth-order valence-electron chi connectivity index (χ4n) is 0. The molecule has 11 heavy (non-hydrogen) atoms. The standard InChI is InChI=1S/Cu.HNO3.6H2O/c;2-1(3)4;;;;;;/h;(H,2,3,4);6*1H2/q+6;;;;;;;/p-6. The molecule has 0 fully saturated rings. The molecule has 0 rings (SSSR count). The van der Waals surface area contributed by atoms with Crippen molar-refractivity contribution in [2.45, 2.75) is 0 Å². The molecular weight excluding hydrogens is 222 g/mol. The van der Waals surface area contributed by atoms with E-state index in [-0.39, 0.29) is 0 Å². The van der Waals surface area contributed by atoms with Crippen molar-refractivity contribution in [2.24, 2.45) is 0 Å². The molecule has 0 atom stereocenters. The third-order valence-corrected chi connectivity index (χ3v) is 0. The topological polar surface area (TPSA) is 185 Å². The predicted molar refractivity (Wildman–Crippen MR) is 22.1 cm³/mol. The zero-order valence-electron chi connectivity index (χ0n) is 4.70. The molecule has 0 saturated carbocycles. The van der Waals surface area contributed by atoms with E-state index in [2.05, 4.69) is 0 Å². The molecule has 77 valence electrons. The van der Waals surface area contributed by atoms with Crippen LogP contribution < -0.4 is 0 Å². The van der Waals surface area contributed by atoms with E-state index in [4.69, 9.17) is 40.5 Å². The summed E-state index contributed by atoms with van der Waals surface area (Å²) in [6, 6.07) is 0. The van der Waals surface area contributed by atoms with Gasteiger partial charge in [0.25, 0.3) is 5.09 Å². The van der Waals surface area contributed by atoms with Gasteiger partial charge >= 0.3 is 37.8 Å². The van der Waals surface area contributed by atoms with Crippen LogP contribution in [0.25, 0.3) is 0 Å². The van der Waals surface area contributed by atoms with Crippen LogP contribution in [0.4, 0.5) is 0 Å². The van der Waals surface area contributed by atoms with E-state index >= 15 is 0 Å². The van der Waals surface area contributed by atoms with Crippen LogP contribution in [0.1, 0.15) is 0 Å². The van der Waals surface area contributed by atoms with E-state index in [9.17, 15) is 0 Å². The Kier molecular flexibility index (Phi) is 2.66. The summed E-state index contributed by atoms with van der Waals surface area (Å²) >= 11 is -7.44. The van der Waals surface area contributed by atoms with Crippen LogP contribution >= 0.6 is 0 Å². The van der Waals surface area contributed by atoms with Gasteiger partial charge in [-0.3, -0.25) is 0 Å². The van der Waals surface area contributed by atoms with E-state index < -0.39 is 17.8 Å². The van der Waals surface area contributed by atoms with Gasteiger partial charge in [0.15, 0.2) is 0 Å². The van der Waals surface area contributed by atoms with Crippen molar-refractivity contribution in [1.29, 1.82) is 0 Å². The molecule has 0 aliphatic carbocycles.